The molecule has 0 radical (unpaired) electrons. The third kappa shape index (κ3) is 2.60. The SMILES string of the molecule is N#Cc1cccc(C#N)c1Sc1ccc2ccccc2c1. The van der Waals surface area contributed by atoms with Crippen LogP contribution in [0.2, 0.25) is 0 Å². The van der Waals surface area contributed by atoms with Gasteiger partial charge in [0.1, 0.15) is 12.1 Å². The van der Waals surface area contributed by atoms with E-state index in [0.717, 1.165) is 15.2 Å². The zero-order valence-electron chi connectivity index (χ0n) is 11.1. The Morgan fingerprint density at radius 3 is 2.05 bits per heavy atom. The van der Waals surface area contributed by atoms with Gasteiger partial charge in [0.2, 0.25) is 0 Å². The minimum Gasteiger partial charge on any atom is -0.192 e. The fourth-order valence-corrected chi connectivity index (χ4v) is 3.18. The summed E-state index contributed by atoms with van der Waals surface area (Å²) in [5.74, 6) is 0. The molecule has 0 unspecified atom stereocenters. The van der Waals surface area contributed by atoms with E-state index in [1.807, 2.05) is 18.2 Å². The van der Waals surface area contributed by atoms with Crippen molar-refractivity contribution in [3.05, 3.63) is 71.8 Å². The van der Waals surface area contributed by atoms with Gasteiger partial charge in [-0.25, -0.2) is 0 Å². The molecule has 0 heterocycles. The Bertz CT molecular complexity index is 869. The first-order chi connectivity index (χ1) is 10.3. The Hall–Kier alpha value is -2.75. The van der Waals surface area contributed by atoms with Crippen molar-refractivity contribution in [2.45, 2.75) is 9.79 Å². The summed E-state index contributed by atoms with van der Waals surface area (Å²) >= 11 is 1.46. The van der Waals surface area contributed by atoms with E-state index >= 15 is 0 Å². The van der Waals surface area contributed by atoms with Crippen LogP contribution < -0.4 is 0 Å². The van der Waals surface area contributed by atoms with Gasteiger partial charge in [0.15, 0.2) is 0 Å². The molecule has 0 saturated carbocycles. The minimum absolute atomic E-state index is 0.534. The molecule has 0 fully saturated rings. The first kappa shape index (κ1) is 13.2. The summed E-state index contributed by atoms with van der Waals surface area (Å²) in [5.41, 5.74) is 1.07. The van der Waals surface area contributed by atoms with Crippen LogP contribution in [0, 0.1) is 22.7 Å². The van der Waals surface area contributed by atoms with Crippen LogP contribution in [0.25, 0.3) is 10.8 Å². The number of hydrogen-bond donors (Lipinski definition) is 0. The molecule has 0 spiro atoms. The molecule has 3 aromatic carbocycles. The van der Waals surface area contributed by atoms with Crippen LogP contribution in [0.3, 0.4) is 0 Å². The summed E-state index contributed by atoms with van der Waals surface area (Å²) in [6, 6.07) is 23.8. The topological polar surface area (TPSA) is 47.6 Å². The second-order valence-electron chi connectivity index (χ2n) is 4.52. The van der Waals surface area contributed by atoms with Gasteiger partial charge >= 0.3 is 0 Å². The fraction of sp³-hybridized carbons (Fsp3) is 0. The maximum atomic E-state index is 9.22. The molecule has 3 heteroatoms. The van der Waals surface area contributed by atoms with E-state index in [2.05, 4.69) is 36.4 Å². The number of benzene rings is 3. The second-order valence-corrected chi connectivity index (χ2v) is 5.60. The number of hydrogen-bond acceptors (Lipinski definition) is 3. The van der Waals surface area contributed by atoms with Crippen molar-refractivity contribution < 1.29 is 0 Å². The number of nitriles is 2. The van der Waals surface area contributed by atoms with E-state index in [4.69, 9.17) is 0 Å². The van der Waals surface area contributed by atoms with Crippen LogP contribution in [-0.4, -0.2) is 0 Å². The van der Waals surface area contributed by atoms with Crippen LogP contribution >= 0.6 is 11.8 Å². The molecule has 3 aromatic rings. The Morgan fingerprint density at radius 1 is 0.714 bits per heavy atom. The van der Waals surface area contributed by atoms with E-state index in [0.29, 0.717) is 11.1 Å². The average molecular weight is 286 g/mol. The van der Waals surface area contributed by atoms with Gasteiger partial charge in [-0.15, -0.1) is 0 Å². The van der Waals surface area contributed by atoms with E-state index in [9.17, 15) is 10.5 Å². The zero-order valence-corrected chi connectivity index (χ0v) is 11.9. The molecule has 0 aliphatic carbocycles. The molecule has 21 heavy (non-hydrogen) atoms. The third-order valence-electron chi connectivity index (χ3n) is 3.20. The lowest BCUT2D eigenvalue weighted by atomic mass is 10.1. The van der Waals surface area contributed by atoms with Crippen molar-refractivity contribution in [1.82, 2.24) is 0 Å². The Balaban J connectivity index is 2.07. The van der Waals surface area contributed by atoms with Gasteiger partial charge < -0.3 is 0 Å². The minimum atomic E-state index is 0.534. The average Bonchev–Trinajstić information content (AvgIpc) is 2.55. The van der Waals surface area contributed by atoms with Gasteiger partial charge in [0.25, 0.3) is 0 Å². The van der Waals surface area contributed by atoms with E-state index < -0.39 is 0 Å². The quantitative estimate of drug-likeness (QED) is 0.684. The molecular weight excluding hydrogens is 276 g/mol. The molecule has 0 aliphatic rings. The number of fused-ring (bicyclic) bond motifs is 1. The molecule has 3 rings (SSSR count). The van der Waals surface area contributed by atoms with Crippen molar-refractivity contribution in [3.63, 3.8) is 0 Å². The van der Waals surface area contributed by atoms with Crippen molar-refractivity contribution in [3.8, 4) is 12.1 Å². The Morgan fingerprint density at radius 2 is 1.38 bits per heavy atom. The lowest BCUT2D eigenvalue weighted by Crippen LogP contribution is -1.87. The summed E-state index contributed by atoms with van der Waals surface area (Å²) in [6.45, 7) is 0. The smallest absolute Gasteiger partial charge is 0.100 e. The fourth-order valence-electron chi connectivity index (χ4n) is 2.17. The van der Waals surface area contributed by atoms with Gasteiger partial charge in [0.05, 0.1) is 11.1 Å². The highest BCUT2D eigenvalue weighted by molar-refractivity contribution is 7.99. The lowest BCUT2D eigenvalue weighted by molar-refractivity contribution is 1.31. The Kier molecular flexibility index (Phi) is 3.60. The summed E-state index contributed by atoms with van der Waals surface area (Å²) in [5, 5.41) is 20.8. The van der Waals surface area contributed by atoms with Gasteiger partial charge in [-0.05, 0) is 35.0 Å². The molecule has 0 aromatic heterocycles. The van der Waals surface area contributed by atoms with Crippen LogP contribution in [0.5, 0.6) is 0 Å². The summed E-state index contributed by atoms with van der Waals surface area (Å²) in [4.78, 5) is 1.74. The van der Waals surface area contributed by atoms with Crippen LogP contribution in [0.1, 0.15) is 11.1 Å². The predicted octanol–water partition coefficient (Wildman–Crippen LogP) is 4.73. The maximum Gasteiger partial charge on any atom is 0.100 e. The molecule has 0 aliphatic heterocycles. The summed E-state index contributed by atoms with van der Waals surface area (Å²) < 4.78 is 0. The highest BCUT2D eigenvalue weighted by Gasteiger charge is 2.10. The van der Waals surface area contributed by atoms with Crippen LogP contribution in [0.15, 0.2) is 70.5 Å². The third-order valence-corrected chi connectivity index (χ3v) is 4.33. The predicted molar refractivity (Wildman–Crippen MR) is 83.9 cm³/mol. The first-order valence-corrected chi connectivity index (χ1v) is 7.23. The molecule has 0 bridgehead atoms. The van der Waals surface area contributed by atoms with Gasteiger partial charge in [-0.3, -0.25) is 0 Å². The van der Waals surface area contributed by atoms with E-state index in [1.165, 1.54) is 17.1 Å². The monoisotopic (exact) mass is 286 g/mol. The molecule has 0 atom stereocenters. The van der Waals surface area contributed by atoms with Crippen molar-refractivity contribution >= 4 is 22.5 Å². The lowest BCUT2D eigenvalue weighted by Gasteiger charge is -2.07. The summed E-state index contributed by atoms with van der Waals surface area (Å²) in [6.07, 6.45) is 0. The normalized spacial score (nSPS) is 10.0. The van der Waals surface area contributed by atoms with Crippen molar-refractivity contribution in [2.24, 2.45) is 0 Å². The molecule has 2 nitrogen and oxygen atoms in total. The van der Waals surface area contributed by atoms with Gasteiger partial charge in [-0.2, -0.15) is 10.5 Å². The van der Waals surface area contributed by atoms with Crippen LogP contribution in [-0.2, 0) is 0 Å². The standard InChI is InChI=1S/C18H10N2S/c19-11-15-6-3-7-16(12-20)18(15)21-17-9-8-13-4-1-2-5-14(13)10-17/h1-10H. The highest BCUT2D eigenvalue weighted by atomic mass is 32.2. The van der Waals surface area contributed by atoms with E-state index in [-0.39, 0.29) is 0 Å². The highest BCUT2D eigenvalue weighted by Crippen LogP contribution is 2.34. The second kappa shape index (κ2) is 5.71. The molecule has 0 N–H and O–H groups in total. The number of rotatable bonds is 2. The molecular formula is C18H10N2S. The molecule has 0 saturated heterocycles. The number of nitrogens with zero attached hydrogens (tertiary/aromatic N) is 2. The Labute approximate surface area is 127 Å². The maximum absolute atomic E-state index is 9.22. The molecule has 98 valence electrons. The van der Waals surface area contributed by atoms with Gasteiger partial charge in [-0.1, -0.05) is 48.2 Å². The van der Waals surface area contributed by atoms with Crippen molar-refractivity contribution in [2.75, 3.05) is 0 Å². The largest absolute Gasteiger partial charge is 0.192 e. The van der Waals surface area contributed by atoms with Crippen LogP contribution in [0.4, 0.5) is 0 Å². The summed E-state index contributed by atoms with van der Waals surface area (Å²) in [7, 11) is 0. The van der Waals surface area contributed by atoms with Crippen molar-refractivity contribution in [1.29, 1.82) is 10.5 Å². The molecule has 0 amide bonds. The van der Waals surface area contributed by atoms with E-state index in [1.54, 1.807) is 18.2 Å². The first-order valence-electron chi connectivity index (χ1n) is 6.41. The van der Waals surface area contributed by atoms with Gasteiger partial charge in [0, 0.05) is 9.79 Å². The zero-order chi connectivity index (χ0) is 14.7.